The van der Waals surface area contributed by atoms with E-state index in [9.17, 15) is 0 Å². The molecule has 6 aromatic rings. The van der Waals surface area contributed by atoms with Crippen LogP contribution in [0.4, 0.5) is 22.7 Å². The summed E-state index contributed by atoms with van der Waals surface area (Å²) in [5.74, 6) is 0. The number of nitrogens with zero attached hydrogens (tertiary/aromatic N) is 2. The molecule has 0 radical (unpaired) electrons. The van der Waals surface area contributed by atoms with Crippen LogP contribution in [0.2, 0.25) is 0 Å². The van der Waals surface area contributed by atoms with Crippen molar-refractivity contribution in [1.29, 1.82) is 0 Å². The van der Waals surface area contributed by atoms with E-state index in [-0.39, 0.29) is 39.5 Å². The molecule has 1 aromatic heterocycles. The molecule has 0 bridgehead atoms. The molecule has 11 rings (SSSR count). The first-order chi connectivity index (χ1) is 27.2. The van der Waals surface area contributed by atoms with Gasteiger partial charge >= 0.3 is 6.85 Å². The van der Waals surface area contributed by atoms with Crippen LogP contribution < -0.4 is 20.6 Å². The van der Waals surface area contributed by atoms with Gasteiger partial charge in [-0.3, -0.25) is 0 Å². The maximum atomic E-state index is 7.35. The van der Waals surface area contributed by atoms with Crippen molar-refractivity contribution in [2.75, 3.05) is 9.71 Å². The number of para-hydroxylation sites is 1. The number of anilines is 4. The first-order valence-electron chi connectivity index (χ1n) is 22.3. The Hall–Kier alpha value is -4.44. The Morgan fingerprint density at radius 2 is 1.28 bits per heavy atom. The van der Waals surface area contributed by atoms with Crippen LogP contribution in [0.15, 0.2) is 83.3 Å². The lowest BCUT2D eigenvalue weighted by atomic mass is 9.43. The smallest absolute Gasteiger partial charge is 0.333 e. The molecule has 4 heterocycles. The fourth-order valence-electron chi connectivity index (χ4n) is 12.4. The molecule has 0 N–H and O–H groups in total. The van der Waals surface area contributed by atoms with Gasteiger partial charge in [0.15, 0.2) is 0 Å². The van der Waals surface area contributed by atoms with Gasteiger partial charge in [-0.2, -0.15) is 0 Å². The zero-order valence-electron chi connectivity index (χ0n) is 37.1. The summed E-state index contributed by atoms with van der Waals surface area (Å²) in [6.07, 6.45) is 7.32. The Morgan fingerprint density at radius 1 is 0.621 bits per heavy atom. The number of rotatable bonds is 1. The number of benzene rings is 5. The van der Waals surface area contributed by atoms with Gasteiger partial charge in [0.05, 0.1) is 5.54 Å². The summed E-state index contributed by atoms with van der Waals surface area (Å²) >= 11 is 0. The van der Waals surface area contributed by atoms with E-state index < -0.39 is 0 Å². The van der Waals surface area contributed by atoms with E-state index in [1.165, 1.54) is 116 Å². The Morgan fingerprint density at radius 3 is 1.97 bits per heavy atom. The SMILES string of the molecule is CC(C)(C)c1cc2c3c(c1)N1c4c(cc(C(C)(C)C)cc4C4(C)CCCCC14C)B3N(c1ccccc1)c1ccc3c(oc4cc5c(cc43)C(C)(C)CCC5(C)C)c1-2. The zero-order valence-corrected chi connectivity index (χ0v) is 37.1. The van der Waals surface area contributed by atoms with Gasteiger partial charge in [0.25, 0.3) is 0 Å². The van der Waals surface area contributed by atoms with E-state index in [1.807, 2.05) is 0 Å². The average Bonchev–Trinajstić information content (AvgIpc) is 3.64. The molecule has 2 aliphatic carbocycles. The highest BCUT2D eigenvalue weighted by molar-refractivity contribution is 6.93. The van der Waals surface area contributed by atoms with E-state index in [1.54, 1.807) is 5.56 Å². The summed E-state index contributed by atoms with van der Waals surface area (Å²) in [4.78, 5) is 5.58. The minimum atomic E-state index is -0.0502. The van der Waals surface area contributed by atoms with Crippen molar-refractivity contribution >= 4 is 62.5 Å². The van der Waals surface area contributed by atoms with E-state index in [4.69, 9.17) is 4.42 Å². The highest BCUT2D eigenvalue weighted by Gasteiger charge is 2.62. The fraction of sp³-hybridized carbons (Fsp3) is 0.444. The van der Waals surface area contributed by atoms with Crippen molar-refractivity contribution in [2.45, 2.75) is 154 Å². The summed E-state index contributed by atoms with van der Waals surface area (Å²) in [5.41, 5.74) is 20.3. The molecule has 58 heavy (non-hydrogen) atoms. The largest absolute Gasteiger partial charge is 0.455 e. The molecular weight excluding hydrogens is 703 g/mol. The van der Waals surface area contributed by atoms with Crippen molar-refractivity contribution in [2.24, 2.45) is 0 Å². The minimum Gasteiger partial charge on any atom is -0.455 e. The standard InChI is InChI=1S/C54H61BN2O/c1-49(2,3)32-26-37-45-42(21-20-35-36-30-38-39(31-44(36)58-48(35)45)52(9,10)25-24-51(38,7)8)57(34-18-14-13-15-19-34)55-41-28-33(50(4,5)6)27-40-47(41)56(43(29-32)46(37)55)54(12)23-17-16-22-53(40,54)11/h13-15,18-21,26-31H,16-17,22-25H2,1-12H3. The molecule has 1 saturated carbocycles. The van der Waals surface area contributed by atoms with Crippen LogP contribution >= 0.6 is 0 Å². The van der Waals surface area contributed by atoms with Crippen LogP contribution in [0.1, 0.15) is 149 Å². The number of hydrogen-bond donors (Lipinski definition) is 0. The van der Waals surface area contributed by atoms with Gasteiger partial charge in [0, 0.05) is 44.5 Å². The molecule has 0 saturated heterocycles. The molecule has 0 amide bonds. The third kappa shape index (κ3) is 4.59. The Labute approximate surface area is 347 Å². The van der Waals surface area contributed by atoms with Crippen molar-refractivity contribution in [3.05, 3.63) is 107 Å². The lowest BCUT2D eigenvalue weighted by Crippen LogP contribution is -2.64. The number of hydrogen-bond acceptors (Lipinski definition) is 3. The molecule has 0 spiro atoms. The number of fused-ring (bicyclic) bond motifs is 12. The maximum absolute atomic E-state index is 7.35. The first-order valence-corrected chi connectivity index (χ1v) is 22.3. The second kappa shape index (κ2) is 11.2. The van der Waals surface area contributed by atoms with E-state index >= 15 is 0 Å². The van der Waals surface area contributed by atoms with E-state index in [0.717, 1.165) is 11.2 Å². The minimum absolute atomic E-state index is 0.00399. The fourth-order valence-corrected chi connectivity index (χ4v) is 12.4. The Bertz CT molecular complexity index is 2760. The summed E-state index contributed by atoms with van der Waals surface area (Å²) in [6.45, 7) is 29.3. The van der Waals surface area contributed by atoms with E-state index in [0.29, 0.717) is 0 Å². The molecule has 2 unspecified atom stereocenters. The average molecular weight is 765 g/mol. The number of furan rings is 1. The topological polar surface area (TPSA) is 19.6 Å². The Balaban J connectivity index is 1.30. The van der Waals surface area contributed by atoms with Crippen LogP contribution in [0, 0.1) is 0 Å². The molecule has 1 fully saturated rings. The van der Waals surface area contributed by atoms with Gasteiger partial charge in [-0.1, -0.05) is 125 Å². The highest BCUT2D eigenvalue weighted by atomic mass is 16.3. The zero-order chi connectivity index (χ0) is 40.7. The Kier molecular flexibility index (Phi) is 7.09. The third-order valence-corrected chi connectivity index (χ3v) is 16.3. The van der Waals surface area contributed by atoms with Gasteiger partial charge in [0.1, 0.15) is 11.2 Å². The second-order valence-corrected chi connectivity index (χ2v) is 22.8. The van der Waals surface area contributed by atoms with Crippen molar-refractivity contribution in [1.82, 2.24) is 0 Å². The first kappa shape index (κ1) is 36.6. The van der Waals surface area contributed by atoms with E-state index in [2.05, 4.69) is 172 Å². The lowest BCUT2D eigenvalue weighted by Gasteiger charge is -2.53. The van der Waals surface area contributed by atoms with Crippen LogP contribution in [-0.4, -0.2) is 12.4 Å². The summed E-state index contributed by atoms with van der Waals surface area (Å²) in [7, 11) is 0. The normalized spacial score (nSPS) is 23.8. The summed E-state index contributed by atoms with van der Waals surface area (Å²) in [5, 5.41) is 2.46. The van der Waals surface area contributed by atoms with Crippen molar-refractivity contribution in [3.8, 4) is 11.1 Å². The molecule has 5 aromatic carbocycles. The van der Waals surface area contributed by atoms with Gasteiger partial charge in [-0.15, -0.1) is 0 Å². The van der Waals surface area contributed by atoms with Crippen LogP contribution in [0.3, 0.4) is 0 Å². The van der Waals surface area contributed by atoms with Gasteiger partial charge in [-0.05, 0) is 141 Å². The molecule has 3 aliphatic heterocycles. The lowest BCUT2D eigenvalue weighted by molar-refractivity contribution is 0.195. The molecule has 2 atom stereocenters. The molecular formula is C54H61BN2O. The van der Waals surface area contributed by atoms with Crippen molar-refractivity contribution < 1.29 is 4.42 Å². The van der Waals surface area contributed by atoms with Crippen LogP contribution in [-0.2, 0) is 27.1 Å². The predicted molar refractivity (Wildman–Crippen MR) is 248 cm³/mol. The molecule has 4 heteroatoms. The highest BCUT2D eigenvalue weighted by Crippen LogP contribution is 2.63. The van der Waals surface area contributed by atoms with Gasteiger partial charge in [0.2, 0.25) is 0 Å². The van der Waals surface area contributed by atoms with Crippen LogP contribution in [0.25, 0.3) is 33.1 Å². The quantitative estimate of drug-likeness (QED) is 0.156. The monoisotopic (exact) mass is 764 g/mol. The summed E-state index contributed by atoms with van der Waals surface area (Å²) < 4.78 is 7.35. The van der Waals surface area contributed by atoms with Crippen LogP contribution in [0.5, 0.6) is 0 Å². The molecule has 5 aliphatic rings. The second-order valence-electron chi connectivity index (χ2n) is 22.8. The third-order valence-electron chi connectivity index (χ3n) is 16.3. The maximum Gasteiger partial charge on any atom is 0.333 e. The predicted octanol–water partition coefficient (Wildman–Crippen LogP) is 13.5. The van der Waals surface area contributed by atoms with Crippen molar-refractivity contribution in [3.63, 3.8) is 0 Å². The van der Waals surface area contributed by atoms with Gasteiger partial charge < -0.3 is 14.1 Å². The van der Waals surface area contributed by atoms with Gasteiger partial charge in [-0.25, -0.2) is 0 Å². The summed E-state index contributed by atoms with van der Waals surface area (Å²) in [6, 6.07) is 31.4. The molecule has 296 valence electrons. The molecule has 3 nitrogen and oxygen atoms in total.